The van der Waals surface area contributed by atoms with E-state index in [2.05, 4.69) is 5.32 Å². The summed E-state index contributed by atoms with van der Waals surface area (Å²) in [5, 5.41) is 14.2. The largest absolute Gasteiger partial charge is 0.506 e. The number of phenols is 1. The normalized spacial score (nSPS) is 20.8. The van der Waals surface area contributed by atoms with Crippen molar-refractivity contribution in [2.24, 2.45) is 5.92 Å². The van der Waals surface area contributed by atoms with Gasteiger partial charge in [0, 0.05) is 35.2 Å². The van der Waals surface area contributed by atoms with Crippen LogP contribution in [0.25, 0.3) is 11.0 Å². The van der Waals surface area contributed by atoms with E-state index in [0.29, 0.717) is 16.6 Å². The SMILES string of the molecule is COc1cc(OC)c2c(c1Cl)OC1(C(=O)C=C(Nc3c(O)ccc4c(C)cc(=O)oc34)CC1C)C2=O. The van der Waals surface area contributed by atoms with Crippen LogP contribution in [0.5, 0.6) is 23.0 Å². The lowest BCUT2D eigenvalue weighted by Gasteiger charge is -2.35. The Morgan fingerprint density at radius 2 is 1.86 bits per heavy atom. The third-order valence-electron chi connectivity index (χ3n) is 6.69. The summed E-state index contributed by atoms with van der Waals surface area (Å²) in [4.78, 5) is 39.1. The van der Waals surface area contributed by atoms with E-state index in [-0.39, 0.29) is 51.3 Å². The molecule has 0 radical (unpaired) electrons. The Labute approximate surface area is 210 Å². The maximum absolute atomic E-state index is 13.6. The summed E-state index contributed by atoms with van der Waals surface area (Å²) >= 11 is 6.42. The first-order chi connectivity index (χ1) is 17.1. The van der Waals surface area contributed by atoms with Crippen molar-refractivity contribution in [2.45, 2.75) is 25.9 Å². The van der Waals surface area contributed by atoms with Crippen LogP contribution in [0.15, 0.2) is 45.3 Å². The molecule has 36 heavy (non-hydrogen) atoms. The van der Waals surface area contributed by atoms with Gasteiger partial charge < -0.3 is 29.1 Å². The Bertz CT molecular complexity index is 1560. The van der Waals surface area contributed by atoms with E-state index in [1.165, 1.54) is 38.5 Å². The van der Waals surface area contributed by atoms with Crippen LogP contribution < -0.4 is 25.2 Å². The van der Waals surface area contributed by atoms with Crippen molar-refractivity contribution in [3.8, 4) is 23.0 Å². The highest BCUT2D eigenvalue weighted by Crippen LogP contribution is 2.53. The topological polar surface area (TPSA) is 124 Å². The Morgan fingerprint density at radius 3 is 2.53 bits per heavy atom. The van der Waals surface area contributed by atoms with E-state index in [9.17, 15) is 19.5 Å². The maximum Gasteiger partial charge on any atom is 0.336 e. The molecule has 2 aromatic carbocycles. The van der Waals surface area contributed by atoms with Gasteiger partial charge >= 0.3 is 5.63 Å². The van der Waals surface area contributed by atoms with Crippen LogP contribution in [-0.2, 0) is 4.79 Å². The summed E-state index contributed by atoms with van der Waals surface area (Å²) in [6, 6.07) is 5.93. The molecule has 2 N–H and O–H groups in total. The van der Waals surface area contributed by atoms with Gasteiger partial charge in [0.2, 0.25) is 17.2 Å². The number of carbonyl (C=O) groups is 2. The van der Waals surface area contributed by atoms with Gasteiger partial charge in [-0.15, -0.1) is 0 Å². The number of fused-ring (bicyclic) bond motifs is 2. The van der Waals surface area contributed by atoms with E-state index in [1.807, 2.05) is 0 Å². The summed E-state index contributed by atoms with van der Waals surface area (Å²) in [5.74, 6) is -1.48. The van der Waals surface area contributed by atoms with Crippen LogP contribution in [0.2, 0.25) is 5.02 Å². The third-order valence-corrected chi connectivity index (χ3v) is 7.05. The number of rotatable bonds is 4. The van der Waals surface area contributed by atoms with Gasteiger partial charge in [0.25, 0.3) is 0 Å². The molecular weight excluding hydrogens is 490 g/mol. The van der Waals surface area contributed by atoms with E-state index >= 15 is 0 Å². The highest BCUT2D eigenvalue weighted by molar-refractivity contribution is 6.36. The molecule has 1 aliphatic heterocycles. The van der Waals surface area contributed by atoms with Crippen molar-refractivity contribution in [3.63, 3.8) is 0 Å². The highest BCUT2D eigenvalue weighted by atomic mass is 35.5. The quantitative estimate of drug-likeness (QED) is 0.298. The fourth-order valence-corrected chi connectivity index (χ4v) is 5.14. The Hall–Kier alpha value is -3.98. The van der Waals surface area contributed by atoms with Crippen molar-refractivity contribution in [1.29, 1.82) is 0 Å². The molecule has 5 rings (SSSR count). The fraction of sp³-hybridized carbons (Fsp3) is 0.269. The molecule has 1 spiro atoms. The first-order valence-corrected chi connectivity index (χ1v) is 11.5. The number of Topliss-reactive ketones (excluding diaryl/α,β-unsaturated/α-hetero) is 1. The average molecular weight is 512 g/mol. The number of allylic oxidation sites excluding steroid dienone is 1. The van der Waals surface area contributed by atoms with Gasteiger partial charge in [-0.3, -0.25) is 9.59 Å². The lowest BCUT2D eigenvalue weighted by Crippen LogP contribution is -2.55. The molecule has 2 heterocycles. The lowest BCUT2D eigenvalue weighted by atomic mass is 9.74. The molecule has 0 amide bonds. The van der Waals surface area contributed by atoms with Gasteiger partial charge in [-0.2, -0.15) is 0 Å². The minimum Gasteiger partial charge on any atom is -0.506 e. The number of phenolic OH excluding ortho intramolecular Hbond substituents is 1. The predicted molar refractivity (Wildman–Crippen MR) is 132 cm³/mol. The van der Waals surface area contributed by atoms with E-state index in [1.54, 1.807) is 19.9 Å². The van der Waals surface area contributed by atoms with Gasteiger partial charge in [0.15, 0.2) is 11.3 Å². The van der Waals surface area contributed by atoms with Crippen LogP contribution in [0, 0.1) is 12.8 Å². The number of hydrogen-bond donors (Lipinski definition) is 2. The number of anilines is 1. The number of ketones is 2. The number of methoxy groups -OCH3 is 2. The second-order valence-electron chi connectivity index (χ2n) is 8.81. The summed E-state index contributed by atoms with van der Waals surface area (Å²) in [6.45, 7) is 3.46. The minimum absolute atomic E-state index is 0.0341. The molecule has 0 bridgehead atoms. The molecule has 1 aromatic heterocycles. The molecule has 1 aliphatic carbocycles. The van der Waals surface area contributed by atoms with Crippen LogP contribution in [0.3, 0.4) is 0 Å². The first kappa shape index (κ1) is 23.7. The van der Waals surface area contributed by atoms with Crippen LogP contribution in [0.4, 0.5) is 5.69 Å². The Balaban J connectivity index is 1.56. The van der Waals surface area contributed by atoms with E-state index in [0.717, 1.165) is 0 Å². The third kappa shape index (κ3) is 3.26. The van der Waals surface area contributed by atoms with Gasteiger partial charge in [0.1, 0.15) is 33.5 Å². The molecular formula is C26H22ClNO8. The van der Waals surface area contributed by atoms with Gasteiger partial charge in [-0.1, -0.05) is 18.5 Å². The van der Waals surface area contributed by atoms with Crippen LogP contribution in [0.1, 0.15) is 29.3 Å². The Kier molecular flexibility index (Phi) is 5.48. The molecule has 2 atom stereocenters. The smallest absolute Gasteiger partial charge is 0.336 e. The van der Waals surface area contributed by atoms with Gasteiger partial charge in [0.05, 0.1) is 14.2 Å². The van der Waals surface area contributed by atoms with Crippen molar-refractivity contribution in [1.82, 2.24) is 0 Å². The van der Waals surface area contributed by atoms with Gasteiger partial charge in [-0.05, 0) is 31.0 Å². The predicted octanol–water partition coefficient (Wildman–Crippen LogP) is 4.40. The van der Waals surface area contributed by atoms with E-state index in [4.69, 9.17) is 30.2 Å². The molecule has 10 heteroatoms. The zero-order chi connectivity index (χ0) is 25.9. The molecule has 0 fully saturated rings. The average Bonchev–Trinajstić information content (AvgIpc) is 3.15. The fourth-order valence-electron chi connectivity index (χ4n) is 4.87. The van der Waals surface area contributed by atoms with Crippen LogP contribution >= 0.6 is 11.6 Å². The van der Waals surface area contributed by atoms with Crippen molar-refractivity contribution in [2.75, 3.05) is 19.5 Å². The second-order valence-corrected chi connectivity index (χ2v) is 9.19. The van der Waals surface area contributed by atoms with Crippen molar-refractivity contribution in [3.05, 3.63) is 62.6 Å². The number of aromatic hydroxyl groups is 1. The molecule has 0 saturated carbocycles. The molecule has 9 nitrogen and oxygen atoms in total. The minimum atomic E-state index is -1.83. The summed E-state index contributed by atoms with van der Waals surface area (Å²) in [6.07, 6.45) is 1.46. The van der Waals surface area contributed by atoms with Crippen molar-refractivity contribution >= 4 is 39.8 Å². The summed E-state index contributed by atoms with van der Waals surface area (Å²) in [5.41, 5.74) is -0.934. The standard InChI is InChI=1S/C26H22ClNO8/c1-11-7-19(31)35-23-14(11)5-6-15(29)22(23)28-13-8-12(2)26(18(30)9-13)25(32)20-16(33-3)10-17(34-4)21(27)24(20)36-26/h5-7,9-10,12,28-29H,8H2,1-4H3. The van der Waals surface area contributed by atoms with Crippen molar-refractivity contribution < 1.29 is 33.3 Å². The Morgan fingerprint density at radius 1 is 1.14 bits per heavy atom. The number of ether oxygens (including phenoxy) is 3. The molecule has 3 aromatic rings. The zero-order valence-corrected chi connectivity index (χ0v) is 20.6. The van der Waals surface area contributed by atoms with Crippen LogP contribution in [-0.4, -0.2) is 36.5 Å². The monoisotopic (exact) mass is 511 g/mol. The molecule has 2 aliphatic rings. The highest BCUT2D eigenvalue weighted by Gasteiger charge is 2.60. The zero-order valence-electron chi connectivity index (χ0n) is 19.9. The molecule has 186 valence electrons. The number of benzene rings is 2. The number of halogens is 1. The summed E-state index contributed by atoms with van der Waals surface area (Å²) < 4.78 is 22.0. The maximum atomic E-state index is 13.6. The number of nitrogens with one attached hydrogen (secondary N) is 1. The number of aryl methyl sites for hydroxylation is 1. The summed E-state index contributed by atoms with van der Waals surface area (Å²) in [7, 11) is 2.81. The first-order valence-electron chi connectivity index (χ1n) is 11.1. The molecule has 0 saturated heterocycles. The lowest BCUT2D eigenvalue weighted by molar-refractivity contribution is -0.129. The number of hydrogen-bond acceptors (Lipinski definition) is 9. The van der Waals surface area contributed by atoms with Gasteiger partial charge in [-0.25, -0.2) is 4.79 Å². The molecule has 2 unspecified atom stereocenters. The number of carbonyl (C=O) groups excluding carboxylic acids is 2. The second kappa shape index (κ2) is 8.30. The van der Waals surface area contributed by atoms with E-state index < -0.39 is 28.7 Å².